The van der Waals surface area contributed by atoms with Gasteiger partial charge in [0.25, 0.3) is 0 Å². The zero-order valence-electron chi connectivity index (χ0n) is 10.9. The predicted molar refractivity (Wildman–Crippen MR) is 70.3 cm³/mol. The first-order chi connectivity index (χ1) is 8.22. The van der Waals surface area contributed by atoms with Crippen LogP contribution in [0.25, 0.3) is 0 Å². The van der Waals surface area contributed by atoms with Crippen molar-refractivity contribution in [3.05, 3.63) is 29.3 Å². The highest BCUT2D eigenvalue weighted by Gasteiger charge is 2.09. The van der Waals surface area contributed by atoms with E-state index in [0.717, 1.165) is 36.5 Å². The molecule has 0 aliphatic rings. The van der Waals surface area contributed by atoms with Gasteiger partial charge in [0.2, 0.25) is 0 Å². The molecule has 0 saturated heterocycles. The third kappa shape index (κ3) is 3.76. The van der Waals surface area contributed by atoms with Gasteiger partial charge in [0.15, 0.2) is 0 Å². The Kier molecular flexibility index (Phi) is 5.51. The number of benzene rings is 1. The summed E-state index contributed by atoms with van der Waals surface area (Å²) in [5.74, 6) is 0. The van der Waals surface area contributed by atoms with Gasteiger partial charge in [0.05, 0.1) is 17.9 Å². The van der Waals surface area contributed by atoms with E-state index in [1.165, 1.54) is 0 Å². The largest absolute Gasteiger partial charge is 0.380 e. The van der Waals surface area contributed by atoms with Crippen molar-refractivity contribution in [1.82, 2.24) is 0 Å². The molecule has 0 heterocycles. The van der Waals surface area contributed by atoms with E-state index in [0.29, 0.717) is 6.61 Å². The number of nitrogens with zero attached hydrogens (tertiary/aromatic N) is 2. The molecule has 1 aromatic rings. The Morgan fingerprint density at radius 3 is 2.71 bits per heavy atom. The minimum atomic E-state index is 0.698. The topological polar surface area (TPSA) is 36.3 Å². The van der Waals surface area contributed by atoms with Crippen molar-refractivity contribution in [1.29, 1.82) is 5.26 Å². The Bertz CT molecular complexity index is 396. The maximum atomic E-state index is 9.15. The zero-order valence-corrected chi connectivity index (χ0v) is 10.9. The highest BCUT2D eigenvalue weighted by atomic mass is 16.5. The van der Waals surface area contributed by atoms with Crippen LogP contribution >= 0.6 is 0 Å². The normalized spacial score (nSPS) is 10.0. The fourth-order valence-corrected chi connectivity index (χ4v) is 1.78. The monoisotopic (exact) mass is 232 g/mol. The van der Waals surface area contributed by atoms with Crippen LogP contribution in [-0.2, 0) is 4.74 Å². The molecule has 0 radical (unpaired) electrons. The SMILES string of the molecule is CCOCCN(CC)c1ccc(C)cc1C#N. The van der Waals surface area contributed by atoms with Crippen LogP contribution in [0.1, 0.15) is 25.0 Å². The Morgan fingerprint density at radius 2 is 2.12 bits per heavy atom. The van der Waals surface area contributed by atoms with Gasteiger partial charge in [-0.05, 0) is 38.5 Å². The summed E-state index contributed by atoms with van der Waals surface area (Å²) in [6.07, 6.45) is 0. The van der Waals surface area contributed by atoms with E-state index in [2.05, 4.69) is 17.9 Å². The fraction of sp³-hybridized carbons (Fsp3) is 0.500. The Labute approximate surface area is 104 Å². The first-order valence-corrected chi connectivity index (χ1v) is 6.06. The smallest absolute Gasteiger partial charge is 0.101 e. The highest BCUT2D eigenvalue weighted by molar-refractivity contribution is 5.60. The third-order valence-electron chi connectivity index (χ3n) is 2.70. The predicted octanol–water partition coefficient (Wildman–Crippen LogP) is 2.73. The van der Waals surface area contributed by atoms with E-state index < -0.39 is 0 Å². The number of likely N-dealkylation sites (N-methyl/N-ethyl adjacent to an activating group) is 1. The molecular weight excluding hydrogens is 212 g/mol. The zero-order chi connectivity index (χ0) is 12.7. The maximum absolute atomic E-state index is 9.15. The van der Waals surface area contributed by atoms with Crippen molar-refractivity contribution >= 4 is 5.69 Å². The van der Waals surface area contributed by atoms with E-state index in [4.69, 9.17) is 10.00 Å². The molecule has 3 nitrogen and oxygen atoms in total. The molecule has 0 spiro atoms. The lowest BCUT2D eigenvalue weighted by Gasteiger charge is -2.24. The average Bonchev–Trinajstić information content (AvgIpc) is 2.35. The average molecular weight is 232 g/mol. The summed E-state index contributed by atoms with van der Waals surface area (Å²) in [6.45, 7) is 9.21. The van der Waals surface area contributed by atoms with E-state index in [1.807, 2.05) is 32.0 Å². The van der Waals surface area contributed by atoms with Crippen molar-refractivity contribution in [2.24, 2.45) is 0 Å². The molecule has 0 aliphatic heterocycles. The second-order valence-electron chi connectivity index (χ2n) is 3.91. The standard InChI is InChI=1S/C14H20N2O/c1-4-16(8-9-17-5-2)14-7-6-12(3)10-13(14)11-15/h6-7,10H,4-5,8-9H2,1-3H3. The lowest BCUT2D eigenvalue weighted by atomic mass is 10.1. The van der Waals surface area contributed by atoms with Crippen LogP contribution in [0.2, 0.25) is 0 Å². The number of ether oxygens (including phenoxy) is 1. The fourth-order valence-electron chi connectivity index (χ4n) is 1.78. The number of rotatable bonds is 6. The van der Waals surface area contributed by atoms with Crippen molar-refractivity contribution in [2.75, 3.05) is 31.2 Å². The molecule has 3 heteroatoms. The summed E-state index contributed by atoms with van der Waals surface area (Å²) in [5.41, 5.74) is 2.86. The molecule has 0 unspecified atom stereocenters. The lowest BCUT2D eigenvalue weighted by molar-refractivity contribution is 0.154. The number of hydrogen-bond acceptors (Lipinski definition) is 3. The van der Waals surface area contributed by atoms with Gasteiger partial charge in [-0.2, -0.15) is 5.26 Å². The van der Waals surface area contributed by atoms with Gasteiger partial charge in [-0.25, -0.2) is 0 Å². The van der Waals surface area contributed by atoms with Gasteiger partial charge >= 0.3 is 0 Å². The minimum Gasteiger partial charge on any atom is -0.380 e. The molecule has 0 aromatic heterocycles. The van der Waals surface area contributed by atoms with Gasteiger partial charge in [-0.3, -0.25) is 0 Å². The summed E-state index contributed by atoms with van der Waals surface area (Å²) >= 11 is 0. The number of hydrogen-bond donors (Lipinski definition) is 0. The van der Waals surface area contributed by atoms with Gasteiger partial charge in [-0.15, -0.1) is 0 Å². The van der Waals surface area contributed by atoms with Gasteiger partial charge in [0, 0.05) is 19.7 Å². The molecule has 1 aromatic carbocycles. The molecule has 1 rings (SSSR count). The number of anilines is 1. The van der Waals surface area contributed by atoms with Crippen LogP contribution in [0.3, 0.4) is 0 Å². The maximum Gasteiger partial charge on any atom is 0.101 e. The van der Waals surface area contributed by atoms with Gasteiger partial charge in [0.1, 0.15) is 6.07 Å². The summed E-state index contributed by atoms with van der Waals surface area (Å²) in [7, 11) is 0. The highest BCUT2D eigenvalue weighted by Crippen LogP contribution is 2.20. The second kappa shape index (κ2) is 6.93. The van der Waals surface area contributed by atoms with E-state index in [9.17, 15) is 0 Å². The lowest BCUT2D eigenvalue weighted by Crippen LogP contribution is -2.27. The molecule has 0 bridgehead atoms. The molecule has 17 heavy (non-hydrogen) atoms. The molecule has 92 valence electrons. The second-order valence-corrected chi connectivity index (χ2v) is 3.91. The molecular formula is C14H20N2O. The summed E-state index contributed by atoms with van der Waals surface area (Å²) < 4.78 is 5.36. The molecule has 0 atom stereocenters. The molecule has 0 aliphatic carbocycles. The quantitative estimate of drug-likeness (QED) is 0.708. The third-order valence-corrected chi connectivity index (χ3v) is 2.70. The summed E-state index contributed by atoms with van der Waals surface area (Å²) in [5, 5.41) is 9.15. The van der Waals surface area contributed by atoms with Crippen molar-refractivity contribution < 1.29 is 4.74 Å². The molecule has 0 fully saturated rings. The molecule has 0 saturated carbocycles. The van der Waals surface area contributed by atoms with Gasteiger partial charge in [-0.1, -0.05) is 6.07 Å². The van der Waals surface area contributed by atoms with Gasteiger partial charge < -0.3 is 9.64 Å². The van der Waals surface area contributed by atoms with E-state index in [-0.39, 0.29) is 0 Å². The van der Waals surface area contributed by atoms with Crippen molar-refractivity contribution in [3.63, 3.8) is 0 Å². The van der Waals surface area contributed by atoms with Crippen LogP contribution in [0, 0.1) is 18.3 Å². The Hall–Kier alpha value is -1.53. The van der Waals surface area contributed by atoms with E-state index in [1.54, 1.807) is 0 Å². The summed E-state index contributed by atoms with van der Waals surface area (Å²) in [4.78, 5) is 2.17. The van der Waals surface area contributed by atoms with Crippen LogP contribution < -0.4 is 4.90 Å². The summed E-state index contributed by atoms with van der Waals surface area (Å²) in [6, 6.07) is 8.25. The number of aryl methyl sites for hydroxylation is 1. The minimum absolute atomic E-state index is 0.698. The van der Waals surface area contributed by atoms with Crippen LogP contribution in [0.5, 0.6) is 0 Å². The van der Waals surface area contributed by atoms with Crippen LogP contribution in [0.15, 0.2) is 18.2 Å². The van der Waals surface area contributed by atoms with Crippen molar-refractivity contribution in [2.45, 2.75) is 20.8 Å². The number of nitriles is 1. The molecule has 0 amide bonds. The van der Waals surface area contributed by atoms with Crippen molar-refractivity contribution in [3.8, 4) is 6.07 Å². The van der Waals surface area contributed by atoms with Crippen LogP contribution in [0.4, 0.5) is 5.69 Å². The first-order valence-electron chi connectivity index (χ1n) is 6.06. The Balaban J connectivity index is 2.84. The molecule has 0 N–H and O–H groups in total. The Morgan fingerprint density at radius 1 is 1.35 bits per heavy atom. The first kappa shape index (κ1) is 13.5. The van der Waals surface area contributed by atoms with Crippen LogP contribution in [-0.4, -0.2) is 26.3 Å². The van der Waals surface area contributed by atoms with E-state index >= 15 is 0 Å².